The highest BCUT2D eigenvalue weighted by atomic mass is 35.5. The molecule has 0 aliphatic heterocycles. The lowest BCUT2D eigenvalue weighted by atomic mass is 10.1. The SMILES string of the molecule is Cc1cc2nc(-c3ccc(NC(=O)Cc4ccc(Cl)cc4)cc3)oc2cc1C. The van der Waals surface area contributed by atoms with Gasteiger partial charge in [0.15, 0.2) is 5.58 Å². The van der Waals surface area contributed by atoms with Crippen molar-refractivity contribution in [1.29, 1.82) is 0 Å². The second-order valence-electron chi connectivity index (χ2n) is 6.85. The Morgan fingerprint density at radius 2 is 1.68 bits per heavy atom. The molecule has 3 aromatic carbocycles. The predicted molar refractivity (Wildman–Crippen MR) is 113 cm³/mol. The zero-order valence-corrected chi connectivity index (χ0v) is 16.4. The second kappa shape index (κ2) is 7.49. The van der Waals surface area contributed by atoms with Gasteiger partial charge in [-0.15, -0.1) is 0 Å². The second-order valence-corrected chi connectivity index (χ2v) is 7.29. The molecular formula is C23H19ClN2O2. The minimum atomic E-state index is -0.0807. The van der Waals surface area contributed by atoms with E-state index in [1.54, 1.807) is 12.1 Å². The van der Waals surface area contributed by atoms with E-state index in [2.05, 4.69) is 24.1 Å². The average molecular weight is 391 g/mol. The van der Waals surface area contributed by atoms with E-state index in [1.807, 2.05) is 48.5 Å². The van der Waals surface area contributed by atoms with Crippen LogP contribution in [0, 0.1) is 13.8 Å². The summed E-state index contributed by atoms with van der Waals surface area (Å²) in [4.78, 5) is 16.8. The van der Waals surface area contributed by atoms with Gasteiger partial charge in [0.1, 0.15) is 5.52 Å². The van der Waals surface area contributed by atoms with Crippen LogP contribution in [0.5, 0.6) is 0 Å². The number of carbonyl (C=O) groups excluding carboxylic acids is 1. The van der Waals surface area contributed by atoms with Gasteiger partial charge in [0.2, 0.25) is 11.8 Å². The fourth-order valence-corrected chi connectivity index (χ4v) is 3.12. The highest BCUT2D eigenvalue weighted by Crippen LogP contribution is 2.27. The molecule has 4 rings (SSSR count). The molecule has 4 nitrogen and oxygen atoms in total. The van der Waals surface area contributed by atoms with E-state index < -0.39 is 0 Å². The maximum absolute atomic E-state index is 12.2. The topological polar surface area (TPSA) is 55.1 Å². The van der Waals surface area contributed by atoms with Gasteiger partial charge in [-0.2, -0.15) is 0 Å². The summed E-state index contributed by atoms with van der Waals surface area (Å²) in [6, 6.07) is 18.8. The third-order valence-electron chi connectivity index (χ3n) is 4.70. The van der Waals surface area contributed by atoms with Crippen LogP contribution in [0.15, 0.2) is 65.1 Å². The van der Waals surface area contributed by atoms with Gasteiger partial charge in [-0.05, 0) is 79.1 Å². The summed E-state index contributed by atoms with van der Waals surface area (Å²) in [7, 11) is 0. The summed E-state index contributed by atoms with van der Waals surface area (Å²) in [6.07, 6.45) is 0.294. The van der Waals surface area contributed by atoms with Crippen LogP contribution in [0.3, 0.4) is 0 Å². The van der Waals surface area contributed by atoms with E-state index in [9.17, 15) is 4.79 Å². The van der Waals surface area contributed by atoms with Gasteiger partial charge in [-0.3, -0.25) is 4.79 Å². The number of oxazole rings is 1. The van der Waals surface area contributed by atoms with E-state index in [0.29, 0.717) is 17.3 Å². The lowest BCUT2D eigenvalue weighted by Gasteiger charge is -2.06. The Kier molecular flexibility index (Phi) is 4.88. The van der Waals surface area contributed by atoms with Crippen LogP contribution < -0.4 is 5.32 Å². The van der Waals surface area contributed by atoms with Crippen LogP contribution in [0.2, 0.25) is 5.02 Å². The molecular weight excluding hydrogens is 372 g/mol. The number of hydrogen-bond acceptors (Lipinski definition) is 3. The van der Waals surface area contributed by atoms with Crippen LogP contribution in [0.25, 0.3) is 22.6 Å². The lowest BCUT2D eigenvalue weighted by Crippen LogP contribution is -2.14. The van der Waals surface area contributed by atoms with E-state index in [-0.39, 0.29) is 5.91 Å². The molecule has 0 saturated heterocycles. The number of aryl methyl sites for hydroxylation is 2. The molecule has 1 aromatic heterocycles. The summed E-state index contributed by atoms with van der Waals surface area (Å²) in [5, 5.41) is 3.56. The van der Waals surface area contributed by atoms with Crippen LogP contribution in [0.4, 0.5) is 5.69 Å². The summed E-state index contributed by atoms with van der Waals surface area (Å²) >= 11 is 5.87. The highest BCUT2D eigenvalue weighted by Gasteiger charge is 2.10. The number of anilines is 1. The van der Waals surface area contributed by atoms with E-state index >= 15 is 0 Å². The van der Waals surface area contributed by atoms with Crippen LogP contribution >= 0.6 is 11.6 Å². The van der Waals surface area contributed by atoms with Crippen molar-refractivity contribution < 1.29 is 9.21 Å². The maximum Gasteiger partial charge on any atom is 0.228 e. The number of nitrogens with zero attached hydrogens (tertiary/aromatic N) is 1. The maximum atomic E-state index is 12.2. The molecule has 0 bridgehead atoms. The molecule has 1 heterocycles. The Labute approximate surface area is 168 Å². The minimum Gasteiger partial charge on any atom is -0.436 e. The van der Waals surface area contributed by atoms with Gasteiger partial charge in [0, 0.05) is 16.3 Å². The van der Waals surface area contributed by atoms with E-state index in [1.165, 1.54) is 11.1 Å². The Hall–Kier alpha value is -3.11. The molecule has 0 atom stereocenters. The van der Waals surface area contributed by atoms with Gasteiger partial charge in [0.05, 0.1) is 6.42 Å². The van der Waals surface area contributed by atoms with Gasteiger partial charge in [0.25, 0.3) is 0 Å². The number of carbonyl (C=O) groups is 1. The molecule has 0 radical (unpaired) electrons. The Morgan fingerprint density at radius 3 is 2.39 bits per heavy atom. The third-order valence-corrected chi connectivity index (χ3v) is 4.95. The van der Waals surface area contributed by atoms with Crippen molar-refractivity contribution in [3.05, 3.63) is 82.4 Å². The largest absolute Gasteiger partial charge is 0.436 e. The van der Waals surface area contributed by atoms with Crippen LogP contribution in [-0.4, -0.2) is 10.9 Å². The first-order valence-corrected chi connectivity index (χ1v) is 9.38. The smallest absolute Gasteiger partial charge is 0.228 e. The summed E-state index contributed by atoms with van der Waals surface area (Å²) in [5.74, 6) is 0.488. The third kappa shape index (κ3) is 3.92. The molecule has 140 valence electrons. The first-order chi connectivity index (χ1) is 13.5. The molecule has 0 spiro atoms. The molecule has 0 aliphatic rings. The van der Waals surface area contributed by atoms with Gasteiger partial charge < -0.3 is 9.73 Å². The first-order valence-electron chi connectivity index (χ1n) is 9.00. The highest BCUT2D eigenvalue weighted by molar-refractivity contribution is 6.30. The van der Waals surface area contributed by atoms with Crippen molar-refractivity contribution in [2.75, 3.05) is 5.32 Å². The number of rotatable bonds is 4. The van der Waals surface area contributed by atoms with Crippen molar-refractivity contribution in [1.82, 2.24) is 4.98 Å². The molecule has 5 heteroatoms. The molecule has 0 fully saturated rings. The normalized spacial score (nSPS) is 11.0. The van der Waals surface area contributed by atoms with Crippen molar-refractivity contribution in [2.24, 2.45) is 0 Å². The lowest BCUT2D eigenvalue weighted by molar-refractivity contribution is -0.115. The Bertz CT molecular complexity index is 1110. The molecule has 1 N–H and O–H groups in total. The molecule has 0 saturated carbocycles. The van der Waals surface area contributed by atoms with Crippen molar-refractivity contribution in [3.63, 3.8) is 0 Å². The fourth-order valence-electron chi connectivity index (χ4n) is 2.99. The average Bonchev–Trinajstić information content (AvgIpc) is 3.07. The Morgan fingerprint density at radius 1 is 1.00 bits per heavy atom. The minimum absolute atomic E-state index is 0.0807. The monoisotopic (exact) mass is 390 g/mol. The van der Waals surface area contributed by atoms with E-state index in [0.717, 1.165) is 27.9 Å². The summed E-state index contributed by atoms with van der Waals surface area (Å²) < 4.78 is 5.89. The number of aromatic nitrogens is 1. The molecule has 4 aromatic rings. The molecule has 28 heavy (non-hydrogen) atoms. The number of nitrogens with one attached hydrogen (secondary N) is 1. The van der Waals surface area contributed by atoms with Crippen LogP contribution in [-0.2, 0) is 11.2 Å². The quantitative estimate of drug-likeness (QED) is 0.468. The zero-order valence-electron chi connectivity index (χ0n) is 15.6. The molecule has 0 unspecified atom stereocenters. The number of fused-ring (bicyclic) bond motifs is 1. The molecule has 1 amide bonds. The standard InChI is InChI=1S/C23H19ClN2O2/c1-14-11-20-21(12-15(14)2)28-23(26-20)17-5-9-19(10-6-17)25-22(27)13-16-3-7-18(24)8-4-16/h3-12H,13H2,1-2H3,(H,25,27). The van der Waals surface area contributed by atoms with Gasteiger partial charge in [-0.25, -0.2) is 4.98 Å². The molecule has 0 aliphatic carbocycles. The zero-order chi connectivity index (χ0) is 19.7. The van der Waals surface area contributed by atoms with Gasteiger partial charge >= 0.3 is 0 Å². The number of amides is 1. The summed E-state index contributed by atoms with van der Waals surface area (Å²) in [6.45, 7) is 4.11. The predicted octanol–water partition coefficient (Wildman–Crippen LogP) is 5.95. The summed E-state index contributed by atoms with van der Waals surface area (Å²) in [5.41, 5.74) is 6.49. The fraction of sp³-hybridized carbons (Fsp3) is 0.130. The Balaban J connectivity index is 1.47. The first kappa shape index (κ1) is 18.3. The number of hydrogen-bond donors (Lipinski definition) is 1. The van der Waals surface area contributed by atoms with Gasteiger partial charge in [-0.1, -0.05) is 23.7 Å². The van der Waals surface area contributed by atoms with E-state index in [4.69, 9.17) is 16.0 Å². The van der Waals surface area contributed by atoms with Crippen LogP contribution in [0.1, 0.15) is 16.7 Å². The number of halogens is 1. The van der Waals surface area contributed by atoms with Crippen molar-refractivity contribution in [3.8, 4) is 11.5 Å². The van der Waals surface area contributed by atoms with Crippen molar-refractivity contribution >= 4 is 34.3 Å². The van der Waals surface area contributed by atoms with Crippen molar-refractivity contribution in [2.45, 2.75) is 20.3 Å². The number of benzene rings is 3.